The quantitative estimate of drug-likeness (QED) is 0.272. The van der Waals surface area contributed by atoms with Crippen molar-refractivity contribution >= 4 is 51.3 Å². The van der Waals surface area contributed by atoms with Crippen molar-refractivity contribution in [1.29, 1.82) is 0 Å². The number of benzene rings is 3. The Morgan fingerprint density at radius 1 is 1.06 bits per heavy atom. The van der Waals surface area contributed by atoms with Crippen molar-refractivity contribution in [2.75, 3.05) is 6.61 Å². The summed E-state index contributed by atoms with van der Waals surface area (Å²) in [6.07, 6.45) is 1.53. The van der Waals surface area contributed by atoms with Crippen LogP contribution < -0.4 is 14.9 Å². The number of amides is 1. The zero-order chi connectivity index (χ0) is 22.2. The van der Waals surface area contributed by atoms with E-state index in [-0.39, 0.29) is 5.91 Å². The molecule has 0 unspecified atom stereocenters. The topological polar surface area (TPSA) is 59.9 Å². The summed E-state index contributed by atoms with van der Waals surface area (Å²) in [4.78, 5) is 12.2. The van der Waals surface area contributed by atoms with Gasteiger partial charge in [-0.25, -0.2) is 5.43 Å². The SMILES string of the molecule is CCOc1cc(/C=N\NC(=O)c2ccc(Cl)cc2)c(Br)cc1OCc1ccccc1Cl. The summed E-state index contributed by atoms with van der Waals surface area (Å²) >= 11 is 15.6. The van der Waals surface area contributed by atoms with Gasteiger partial charge in [0.2, 0.25) is 0 Å². The predicted molar refractivity (Wildman–Crippen MR) is 128 cm³/mol. The van der Waals surface area contributed by atoms with Gasteiger partial charge in [-0.15, -0.1) is 0 Å². The van der Waals surface area contributed by atoms with Crippen LogP contribution in [0.15, 0.2) is 70.2 Å². The van der Waals surface area contributed by atoms with Crippen LogP contribution in [0.5, 0.6) is 11.5 Å². The molecule has 0 aliphatic carbocycles. The maximum atomic E-state index is 12.2. The van der Waals surface area contributed by atoms with Gasteiger partial charge < -0.3 is 9.47 Å². The maximum Gasteiger partial charge on any atom is 0.271 e. The Kier molecular flexibility index (Phi) is 8.35. The van der Waals surface area contributed by atoms with Gasteiger partial charge in [-0.2, -0.15) is 5.10 Å². The first-order valence-electron chi connectivity index (χ1n) is 9.39. The highest BCUT2D eigenvalue weighted by Gasteiger charge is 2.12. The minimum Gasteiger partial charge on any atom is -0.490 e. The fraction of sp³-hybridized carbons (Fsp3) is 0.130. The van der Waals surface area contributed by atoms with E-state index in [0.717, 1.165) is 10.0 Å². The summed E-state index contributed by atoms with van der Waals surface area (Å²) in [7, 11) is 0. The molecule has 0 heterocycles. The average molecular weight is 522 g/mol. The number of ether oxygens (including phenoxy) is 2. The van der Waals surface area contributed by atoms with Gasteiger partial charge >= 0.3 is 0 Å². The minimum absolute atomic E-state index is 0.302. The lowest BCUT2D eigenvalue weighted by Gasteiger charge is -2.14. The van der Waals surface area contributed by atoms with E-state index in [1.807, 2.05) is 31.2 Å². The van der Waals surface area contributed by atoms with Crippen LogP contribution in [0.2, 0.25) is 10.0 Å². The van der Waals surface area contributed by atoms with Gasteiger partial charge in [0.25, 0.3) is 5.91 Å². The zero-order valence-electron chi connectivity index (χ0n) is 16.6. The third-order valence-corrected chi connectivity index (χ3v) is 5.49. The number of hydrogen-bond acceptors (Lipinski definition) is 4. The first kappa shape index (κ1) is 23.1. The molecule has 160 valence electrons. The Labute approximate surface area is 199 Å². The first-order chi connectivity index (χ1) is 15.0. The van der Waals surface area contributed by atoms with E-state index in [9.17, 15) is 4.79 Å². The molecule has 3 rings (SSSR count). The third-order valence-electron chi connectivity index (χ3n) is 4.18. The summed E-state index contributed by atoms with van der Waals surface area (Å²) < 4.78 is 12.4. The molecule has 0 radical (unpaired) electrons. The standard InChI is InChI=1S/C23H19BrCl2N2O3/c1-2-30-21-11-17(13-27-28-23(29)15-7-9-18(25)10-8-15)19(24)12-22(21)31-14-16-5-3-4-6-20(16)26/h3-13H,2,14H2,1H3,(H,28,29)/b27-13-. The van der Waals surface area contributed by atoms with Gasteiger partial charge in [0, 0.05) is 31.2 Å². The Morgan fingerprint density at radius 3 is 2.48 bits per heavy atom. The molecule has 1 N–H and O–H groups in total. The van der Waals surface area contributed by atoms with Crippen LogP contribution in [0.1, 0.15) is 28.4 Å². The Balaban J connectivity index is 1.73. The molecule has 0 saturated heterocycles. The van der Waals surface area contributed by atoms with Crippen molar-refractivity contribution in [2.45, 2.75) is 13.5 Å². The lowest BCUT2D eigenvalue weighted by atomic mass is 10.2. The van der Waals surface area contributed by atoms with E-state index in [1.165, 1.54) is 6.21 Å². The van der Waals surface area contributed by atoms with Crippen LogP contribution in [-0.4, -0.2) is 18.7 Å². The Hall–Kier alpha value is -2.54. The lowest BCUT2D eigenvalue weighted by Crippen LogP contribution is -2.17. The predicted octanol–water partition coefficient (Wildman–Crippen LogP) is 6.50. The molecule has 0 atom stereocenters. The molecular formula is C23H19BrCl2N2O3. The Bertz CT molecular complexity index is 1090. The van der Waals surface area contributed by atoms with Crippen LogP contribution in [-0.2, 0) is 6.61 Å². The fourth-order valence-electron chi connectivity index (χ4n) is 2.63. The largest absolute Gasteiger partial charge is 0.490 e. The molecule has 0 spiro atoms. The first-order valence-corrected chi connectivity index (χ1v) is 10.9. The maximum absolute atomic E-state index is 12.2. The van der Waals surface area contributed by atoms with Crippen molar-refractivity contribution in [3.05, 3.63) is 91.9 Å². The molecule has 0 aliphatic rings. The summed E-state index contributed by atoms with van der Waals surface area (Å²) in [5.74, 6) is 0.785. The van der Waals surface area contributed by atoms with Gasteiger partial charge in [0.15, 0.2) is 11.5 Å². The number of hydrogen-bond donors (Lipinski definition) is 1. The second kappa shape index (κ2) is 11.2. The van der Waals surface area contributed by atoms with Crippen LogP contribution in [0.3, 0.4) is 0 Å². The molecule has 0 bridgehead atoms. The summed E-state index contributed by atoms with van der Waals surface area (Å²) in [6, 6.07) is 17.6. The minimum atomic E-state index is -0.339. The molecule has 0 aliphatic heterocycles. The van der Waals surface area contributed by atoms with E-state index in [0.29, 0.717) is 45.9 Å². The molecule has 3 aromatic rings. The molecule has 3 aromatic carbocycles. The number of carbonyl (C=O) groups is 1. The van der Waals surface area contributed by atoms with Gasteiger partial charge in [-0.1, -0.05) is 41.4 Å². The Morgan fingerprint density at radius 2 is 1.77 bits per heavy atom. The highest BCUT2D eigenvalue weighted by atomic mass is 79.9. The molecule has 0 aromatic heterocycles. The van der Waals surface area contributed by atoms with Crippen LogP contribution in [0, 0.1) is 0 Å². The van der Waals surface area contributed by atoms with Gasteiger partial charge in [-0.3, -0.25) is 4.79 Å². The second-order valence-corrected chi connectivity index (χ2v) is 8.04. The number of nitrogens with zero attached hydrogens (tertiary/aromatic N) is 1. The molecule has 1 amide bonds. The second-order valence-electron chi connectivity index (χ2n) is 6.34. The number of nitrogens with one attached hydrogen (secondary N) is 1. The lowest BCUT2D eigenvalue weighted by molar-refractivity contribution is 0.0955. The summed E-state index contributed by atoms with van der Waals surface area (Å²) in [5.41, 5.74) is 4.54. The van der Waals surface area contributed by atoms with E-state index >= 15 is 0 Å². The number of hydrazone groups is 1. The van der Waals surface area contributed by atoms with Gasteiger partial charge in [-0.05, 0) is 65.3 Å². The number of halogens is 3. The van der Waals surface area contributed by atoms with Crippen molar-refractivity contribution in [3.63, 3.8) is 0 Å². The van der Waals surface area contributed by atoms with E-state index < -0.39 is 0 Å². The molecular weight excluding hydrogens is 503 g/mol. The summed E-state index contributed by atoms with van der Waals surface area (Å²) in [6.45, 7) is 2.66. The third kappa shape index (κ3) is 6.47. The number of carbonyl (C=O) groups excluding carboxylic acids is 1. The van der Waals surface area contributed by atoms with Gasteiger partial charge in [0.1, 0.15) is 6.61 Å². The van der Waals surface area contributed by atoms with Crippen molar-refractivity contribution in [2.24, 2.45) is 5.10 Å². The number of rotatable bonds is 8. The molecule has 5 nitrogen and oxygen atoms in total. The molecule has 8 heteroatoms. The van der Waals surface area contributed by atoms with Crippen molar-refractivity contribution in [1.82, 2.24) is 5.43 Å². The normalized spacial score (nSPS) is 10.8. The summed E-state index contributed by atoms with van der Waals surface area (Å²) in [5, 5.41) is 5.23. The average Bonchev–Trinajstić information content (AvgIpc) is 2.76. The van der Waals surface area contributed by atoms with Crippen molar-refractivity contribution in [3.8, 4) is 11.5 Å². The van der Waals surface area contributed by atoms with Crippen LogP contribution in [0.4, 0.5) is 0 Å². The molecule has 0 fully saturated rings. The smallest absolute Gasteiger partial charge is 0.271 e. The zero-order valence-corrected chi connectivity index (χ0v) is 19.7. The van der Waals surface area contributed by atoms with Crippen molar-refractivity contribution < 1.29 is 14.3 Å². The monoisotopic (exact) mass is 520 g/mol. The highest BCUT2D eigenvalue weighted by molar-refractivity contribution is 9.10. The highest BCUT2D eigenvalue weighted by Crippen LogP contribution is 2.34. The molecule has 0 saturated carbocycles. The van der Waals surface area contributed by atoms with Crippen LogP contribution >= 0.6 is 39.1 Å². The van der Waals surface area contributed by atoms with Crippen LogP contribution in [0.25, 0.3) is 0 Å². The molecule has 31 heavy (non-hydrogen) atoms. The van der Waals surface area contributed by atoms with E-state index in [4.69, 9.17) is 32.7 Å². The van der Waals surface area contributed by atoms with Gasteiger partial charge in [0.05, 0.1) is 12.8 Å². The van der Waals surface area contributed by atoms with E-state index in [2.05, 4.69) is 26.5 Å². The van der Waals surface area contributed by atoms with E-state index in [1.54, 1.807) is 36.4 Å². The fourth-order valence-corrected chi connectivity index (χ4v) is 3.37.